The van der Waals surface area contributed by atoms with Crippen molar-refractivity contribution in [3.05, 3.63) is 157 Å². The fourth-order valence-corrected chi connectivity index (χ4v) is 5.69. The molecule has 0 atom stereocenters. The molecule has 46 heavy (non-hydrogen) atoms. The van der Waals surface area contributed by atoms with Crippen LogP contribution >= 0.6 is 0 Å². The molecule has 10 aromatic rings. The van der Waals surface area contributed by atoms with Crippen molar-refractivity contribution in [2.45, 2.75) is 0 Å². The van der Waals surface area contributed by atoms with Gasteiger partial charge in [-0.3, -0.25) is 0 Å². The standard InChI is InChI=1S/C44H26O2/c1-2-10-27(11-3-1)28-18-20-29(21-19-28)41-31-12-4-6-14-33(31)42(34-15-7-5-13-32(34)41)30-22-23-38-36(26-30)44-40(46-38)25-24-39-43(44)35-16-8-9-17-37(35)45-39/h1-26H/i1D,2D,3D,4D,5D,6D,7D,8D,9D,10D,11D,12D,13D,14D,15D,16D,17D,18D,19D,20D,21D,22D,23D,24D,25D,26D. The van der Waals surface area contributed by atoms with Crippen LogP contribution in [-0.2, 0) is 0 Å². The molecule has 2 heterocycles. The van der Waals surface area contributed by atoms with Crippen LogP contribution < -0.4 is 0 Å². The summed E-state index contributed by atoms with van der Waals surface area (Å²) in [6.45, 7) is 0. The third-order valence-electron chi connectivity index (χ3n) is 7.58. The second kappa shape index (κ2) is 9.69. The number of hydrogen-bond acceptors (Lipinski definition) is 2. The third-order valence-corrected chi connectivity index (χ3v) is 7.58. The van der Waals surface area contributed by atoms with Crippen LogP contribution in [0.1, 0.15) is 35.6 Å². The van der Waals surface area contributed by atoms with E-state index in [1.807, 2.05) is 0 Å². The highest BCUT2D eigenvalue weighted by molar-refractivity contribution is 6.27. The van der Waals surface area contributed by atoms with E-state index in [1.165, 1.54) is 0 Å². The summed E-state index contributed by atoms with van der Waals surface area (Å²) in [6, 6.07) is -23.1. The molecule has 2 nitrogen and oxygen atoms in total. The topological polar surface area (TPSA) is 26.3 Å². The van der Waals surface area contributed by atoms with Gasteiger partial charge >= 0.3 is 0 Å². The van der Waals surface area contributed by atoms with Gasteiger partial charge in [-0.1, -0.05) is 127 Å². The molecule has 0 saturated heterocycles. The summed E-state index contributed by atoms with van der Waals surface area (Å²) in [4.78, 5) is 0. The first kappa shape index (κ1) is 10.8. The molecule has 0 bridgehead atoms. The maximum Gasteiger partial charge on any atom is 0.136 e. The number of hydrogen-bond donors (Lipinski definition) is 0. The summed E-state index contributed by atoms with van der Waals surface area (Å²) in [5, 5.41) is -4.23. The van der Waals surface area contributed by atoms with Crippen molar-refractivity contribution < 1.29 is 44.5 Å². The third kappa shape index (κ3) is 3.65. The van der Waals surface area contributed by atoms with E-state index in [0.29, 0.717) is 0 Å². The molecule has 2 heteroatoms. The zero-order valence-corrected chi connectivity index (χ0v) is 22.8. The zero-order valence-electron chi connectivity index (χ0n) is 48.8. The minimum absolute atomic E-state index is 0.271. The van der Waals surface area contributed by atoms with Gasteiger partial charge < -0.3 is 8.83 Å². The fourth-order valence-electron chi connectivity index (χ4n) is 5.69. The highest BCUT2D eigenvalue weighted by atomic mass is 16.3. The minimum Gasteiger partial charge on any atom is -0.456 e. The first-order valence-electron chi connectivity index (χ1n) is 26.6. The van der Waals surface area contributed by atoms with Gasteiger partial charge in [0.05, 0.1) is 35.6 Å². The Kier molecular flexibility index (Phi) is 2.26. The summed E-state index contributed by atoms with van der Waals surface area (Å²) in [7, 11) is 0. The number of benzene rings is 8. The summed E-state index contributed by atoms with van der Waals surface area (Å²) >= 11 is 0. The van der Waals surface area contributed by atoms with Gasteiger partial charge in [0.15, 0.2) is 0 Å². The Balaban J connectivity index is 1.48. The van der Waals surface area contributed by atoms with Crippen LogP contribution in [0.15, 0.2) is 166 Å². The lowest BCUT2D eigenvalue weighted by atomic mass is 9.85. The highest BCUT2D eigenvalue weighted by Gasteiger charge is 2.20. The first-order valence-corrected chi connectivity index (χ1v) is 13.6. The predicted molar refractivity (Wildman–Crippen MR) is 192 cm³/mol. The van der Waals surface area contributed by atoms with E-state index in [4.69, 9.17) is 29.4 Å². The van der Waals surface area contributed by atoms with Crippen LogP contribution in [0.2, 0.25) is 0 Å². The molecule has 2 aromatic heterocycles. The van der Waals surface area contributed by atoms with Crippen LogP contribution in [-0.4, -0.2) is 0 Å². The molecule has 0 unspecified atom stereocenters. The minimum atomic E-state index is -1.05. The van der Waals surface area contributed by atoms with E-state index in [0.717, 1.165) is 0 Å². The van der Waals surface area contributed by atoms with Gasteiger partial charge in [-0.15, -0.1) is 0 Å². The van der Waals surface area contributed by atoms with Gasteiger partial charge in [-0.05, 0) is 85.1 Å². The van der Waals surface area contributed by atoms with Crippen LogP contribution in [0.5, 0.6) is 0 Å². The molecular weight excluding hydrogens is 560 g/mol. The molecular formula is C44H26O2. The van der Waals surface area contributed by atoms with Crippen molar-refractivity contribution in [1.82, 2.24) is 0 Å². The monoisotopic (exact) mass is 612 g/mol. The van der Waals surface area contributed by atoms with Crippen LogP contribution in [0.25, 0.3) is 98.8 Å². The fraction of sp³-hybridized carbons (Fsp3) is 0. The Morgan fingerprint density at radius 1 is 0.304 bits per heavy atom. The number of para-hydroxylation sites is 1. The van der Waals surface area contributed by atoms with Crippen LogP contribution in [0.4, 0.5) is 0 Å². The quantitative estimate of drug-likeness (QED) is 0.186. The second-order valence-electron chi connectivity index (χ2n) is 10.0. The van der Waals surface area contributed by atoms with Crippen LogP contribution in [0, 0.1) is 0 Å². The lowest BCUT2D eigenvalue weighted by molar-refractivity contribution is 0.663. The van der Waals surface area contributed by atoms with Gasteiger partial charge in [0, 0.05) is 21.5 Å². The SMILES string of the molecule is [2H]c1c([2H])c([2H])c(-c2c([2H])c([2H])c(-c3c4c([2H])c([2H])c([2H])c([2H])c4c(-c4c([2H])c([2H])c5oc6c([2H])c([2H])c7oc8c([2H])c([2H])c([2H])c([2H])c8c7c6c5c4[2H])c4c([2H])c([2H])c([2H])c([2H])c34)c([2H])c2[2H])c([2H])c1[2H]. The average molecular weight is 613 g/mol. The van der Waals surface area contributed by atoms with Crippen molar-refractivity contribution in [3.63, 3.8) is 0 Å². The number of fused-ring (bicyclic) bond motifs is 9. The molecule has 0 aliphatic heterocycles. The smallest absolute Gasteiger partial charge is 0.136 e. The molecule has 10 rings (SSSR count). The Labute approximate surface area is 301 Å². The number of rotatable bonds is 3. The zero-order chi connectivity index (χ0) is 52.8. The lowest BCUT2D eigenvalue weighted by Gasteiger charge is -2.18. The van der Waals surface area contributed by atoms with E-state index in [9.17, 15) is 15.1 Å². The van der Waals surface area contributed by atoms with Crippen molar-refractivity contribution in [2.24, 2.45) is 0 Å². The van der Waals surface area contributed by atoms with E-state index in [-0.39, 0.29) is 16.2 Å². The maximum absolute atomic E-state index is 9.95. The predicted octanol–water partition coefficient (Wildman–Crippen LogP) is 12.8. The molecule has 0 aliphatic carbocycles. The number of furan rings is 2. The van der Waals surface area contributed by atoms with Crippen molar-refractivity contribution in [3.8, 4) is 33.4 Å². The highest BCUT2D eigenvalue weighted by Crippen LogP contribution is 2.46. The molecule has 0 saturated carbocycles. The molecule has 0 spiro atoms. The van der Waals surface area contributed by atoms with E-state index >= 15 is 0 Å². The Bertz CT molecular complexity index is 4150. The normalized spacial score (nSPS) is 19.8. The van der Waals surface area contributed by atoms with Gasteiger partial charge in [0.1, 0.15) is 22.3 Å². The molecule has 8 aromatic carbocycles. The summed E-state index contributed by atoms with van der Waals surface area (Å²) < 4.78 is 244. The van der Waals surface area contributed by atoms with E-state index in [2.05, 4.69) is 0 Å². The average Bonchev–Trinajstić information content (AvgIpc) is 3.96. The second-order valence-corrected chi connectivity index (χ2v) is 10.0. The summed E-state index contributed by atoms with van der Waals surface area (Å²) in [5.74, 6) is 0. The van der Waals surface area contributed by atoms with E-state index < -0.39 is 240 Å². The van der Waals surface area contributed by atoms with Gasteiger partial charge in [0.25, 0.3) is 0 Å². The molecule has 0 fully saturated rings. The molecule has 0 radical (unpaired) electrons. The Morgan fingerprint density at radius 3 is 1.35 bits per heavy atom. The maximum atomic E-state index is 9.95. The Morgan fingerprint density at radius 2 is 0.717 bits per heavy atom. The summed E-state index contributed by atoms with van der Waals surface area (Å²) in [5.41, 5.74) is -6.47. The Hall–Kier alpha value is -6.12. The van der Waals surface area contributed by atoms with Crippen molar-refractivity contribution in [1.29, 1.82) is 0 Å². The molecule has 0 amide bonds. The first-order chi connectivity index (χ1) is 33.6. The van der Waals surface area contributed by atoms with Gasteiger partial charge in [-0.25, -0.2) is 0 Å². The van der Waals surface area contributed by atoms with Crippen molar-refractivity contribution in [2.75, 3.05) is 0 Å². The summed E-state index contributed by atoms with van der Waals surface area (Å²) in [6.07, 6.45) is 0. The van der Waals surface area contributed by atoms with Gasteiger partial charge in [0.2, 0.25) is 0 Å². The largest absolute Gasteiger partial charge is 0.456 e. The molecule has 0 N–H and O–H groups in total. The van der Waals surface area contributed by atoms with Gasteiger partial charge in [-0.2, -0.15) is 0 Å². The molecule has 0 aliphatic rings. The lowest BCUT2D eigenvalue weighted by Crippen LogP contribution is -1.91. The van der Waals surface area contributed by atoms with Crippen molar-refractivity contribution >= 4 is 65.4 Å². The van der Waals surface area contributed by atoms with E-state index in [1.54, 1.807) is 0 Å². The molecule has 214 valence electrons. The van der Waals surface area contributed by atoms with Crippen LogP contribution in [0.3, 0.4) is 0 Å².